The molecule has 0 saturated carbocycles. The molecule has 0 aliphatic heterocycles. The van der Waals surface area contributed by atoms with Crippen molar-refractivity contribution in [2.75, 3.05) is 6.54 Å². The van der Waals surface area contributed by atoms with Crippen LogP contribution < -0.4 is 5.32 Å². The molecular weight excluding hydrogens is 213 g/mol. The highest BCUT2D eigenvalue weighted by Gasteiger charge is 2.01. The second-order valence-corrected chi connectivity index (χ2v) is 4.01. The maximum Gasteiger partial charge on any atom is 0.131 e. The number of benzene rings is 1. The van der Waals surface area contributed by atoms with Crippen molar-refractivity contribution in [2.24, 2.45) is 0 Å². The molecule has 1 nitrogen and oxygen atoms in total. The zero-order valence-corrected chi connectivity index (χ0v) is 9.68. The lowest BCUT2D eigenvalue weighted by Gasteiger charge is -2.04. The Kier molecular flexibility index (Phi) is 4.79. The average Bonchev–Trinajstić information content (AvgIpc) is 2.15. The third-order valence-electron chi connectivity index (χ3n) is 1.93. The minimum atomic E-state index is -0.289. The summed E-state index contributed by atoms with van der Waals surface area (Å²) in [5, 5.41) is 3.64. The zero-order valence-electron chi connectivity index (χ0n) is 8.93. The van der Waals surface area contributed by atoms with E-state index in [0.29, 0.717) is 23.2 Å². The van der Waals surface area contributed by atoms with Crippen LogP contribution in [0, 0.1) is 5.82 Å². The van der Waals surface area contributed by atoms with Crippen molar-refractivity contribution in [1.29, 1.82) is 0 Å². The van der Waals surface area contributed by atoms with Gasteiger partial charge in [0.05, 0.1) is 5.02 Å². The van der Waals surface area contributed by atoms with E-state index in [0.717, 1.165) is 0 Å². The molecule has 0 aliphatic rings. The SMILES string of the molecule is CC(C)NCC=Cc1c(F)cccc1Cl. The Labute approximate surface area is 95.0 Å². The second-order valence-electron chi connectivity index (χ2n) is 3.60. The molecule has 0 atom stereocenters. The quantitative estimate of drug-likeness (QED) is 0.831. The molecule has 82 valence electrons. The van der Waals surface area contributed by atoms with Gasteiger partial charge in [-0.25, -0.2) is 4.39 Å². The smallest absolute Gasteiger partial charge is 0.131 e. The van der Waals surface area contributed by atoms with Gasteiger partial charge in [-0.3, -0.25) is 0 Å². The van der Waals surface area contributed by atoms with Crippen molar-refractivity contribution < 1.29 is 4.39 Å². The van der Waals surface area contributed by atoms with Gasteiger partial charge >= 0.3 is 0 Å². The van der Waals surface area contributed by atoms with Gasteiger partial charge in [0.1, 0.15) is 5.82 Å². The standard InChI is InChI=1S/C12H15ClFN/c1-9(2)15-8-4-5-10-11(13)6-3-7-12(10)14/h3-7,9,15H,8H2,1-2H3. The third kappa shape index (κ3) is 4.02. The van der Waals surface area contributed by atoms with Crippen molar-refractivity contribution in [1.82, 2.24) is 5.32 Å². The fraction of sp³-hybridized carbons (Fsp3) is 0.333. The van der Waals surface area contributed by atoms with E-state index in [2.05, 4.69) is 19.2 Å². The van der Waals surface area contributed by atoms with Crippen LogP contribution in [-0.2, 0) is 0 Å². The lowest BCUT2D eigenvalue weighted by molar-refractivity contribution is 0.624. The van der Waals surface area contributed by atoms with E-state index >= 15 is 0 Å². The van der Waals surface area contributed by atoms with E-state index < -0.39 is 0 Å². The Morgan fingerprint density at radius 2 is 2.20 bits per heavy atom. The molecule has 0 bridgehead atoms. The van der Waals surface area contributed by atoms with Gasteiger partial charge in [0.15, 0.2) is 0 Å². The molecule has 3 heteroatoms. The summed E-state index contributed by atoms with van der Waals surface area (Å²) in [7, 11) is 0. The van der Waals surface area contributed by atoms with Crippen LogP contribution in [0.1, 0.15) is 19.4 Å². The Morgan fingerprint density at radius 1 is 1.47 bits per heavy atom. The lowest BCUT2D eigenvalue weighted by atomic mass is 10.2. The summed E-state index contributed by atoms with van der Waals surface area (Å²) in [5.74, 6) is -0.289. The van der Waals surface area contributed by atoms with Crippen LogP contribution in [0.5, 0.6) is 0 Å². The summed E-state index contributed by atoms with van der Waals surface area (Å²) in [5.41, 5.74) is 0.449. The van der Waals surface area contributed by atoms with Gasteiger partial charge in [-0.1, -0.05) is 43.7 Å². The molecule has 1 rings (SSSR count). The first-order valence-corrected chi connectivity index (χ1v) is 5.33. The Morgan fingerprint density at radius 3 is 2.80 bits per heavy atom. The highest BCUT2D eigenvalue weighted by molar-refractivity contribution is 6.32. The van der Waals surface area contributed by atoms with Gasteiger partial charge in [-0.05, 0) is 12.1 Å². The molecule has 0 aliphatic carbocycles. The maximum atomic E-state index is 13.3. The first-order valence-electron chi connectivity index (χ1n) is 4.95. The van der Waals surface area contributed by atoms with Gasteiger partial charge in [0.2, 0.25) is 0 Å². The van der Waals surface area contributed by atoms with Crippen LogP contribution in [0.25, 0.3) is 6.08 Å². The van der Waals surface area contributed by atoms with Gasteiger partial charge in [-0.15, -0.1) is 0 Å². The van der Waals surface area contributed by atoms with Crippen LogP contribution in [0.4, 0.5) is 4.39 Å². The molecule has 0 heterocycles. The minimum absolute atomic E-state index is 0.289. The predicted octanol–water partition coefficient (Wildman–Crippen LogP) is 3.49. The number of nitrogens with one attached hydrogen (secondary N) is 1. The van der Waals surface area contributed by atoms with Crippen LogP contribution in [-0.4, -0.2) is 12.6 Å². The van der Waals surface area contributed by atoms with Crippen molar-refractivity contribution in [3.8, 4) is 0 Å². The molecule has 1 aromatic rings. The fourth-order valence-corrected chi connectivity index (χ4v) is 1.38. The van der Waals surface area contributed by atoms with Crippen molar-refractivity contribution in [3.05, 3.63) is 40.7 Å². The molecular formula is C12H15ClFN. The molecule has 0 amide bonds. The largest absolute Gasteiger partial charge is 0.311 e. The summed E-state index contributed by atoms with van der Waals surface area (Å²) in [6.07, 6.45) is 3.57. The minimum Gasteiger partial charge on any atom is -0.311 e. The summed E-state index contributed by atoms with van der Waals surface area (Å²) in [6.45, 7) is 4.83. The first-order chi connectivity index (χ1) is 7.11. The molecule has 0 fully saturated rings. The molecule has 15 heavy (non-hydrogen) atoms. The summed E-state index contributed by atoms with van der Waals surface area (Å²) in [4.78, 5) is 0. The van der Waals surface area contributed by atoms with Crippen LogP contribution in [0.2, 0.25) is 5.02 Å². The van der Waals surface area contributed by atoms with E-state index in [1.807, 2.05) is 6.08 Å². The Balaban J connectivity index is 2.64. The number of hydrogen-bond acceptors (Lipinski definition) is 1. The number of rotatable bonds is 4. The summed E-state index contributed by atoms with van der Waals surface area (Å²) < 4.78 is 13.3. The Bertz CT molecular complexity index is 327. The molecule has 0 spiro atoms. The van der Waals surface area contributed by atoms with Gasteiger partial charge in [-0.2, -0.15) is 0 Å². The van der Waals surface area contributed by atoms with Gasteiger partial charge < -0.3 is 5.32 Å². The molecule has 1 aromatic carbocycles. The van der Waals surface area contributed by atoms with Crippen molar-refractivity contribution in [3.63, 3.8) is 0 Å². The molecule has 0 unspecified atom stereocenters. The van der Waals surface area contributed by atoms with E-state index in [9.17, 15) is 4.39 Å². The maximum absolute atomic E-state index is 13.3. The molecule has 0 saturated heterocycles. The molecule has 0 radical (unpaired) electrons. The highest BCUT2D eigenvalue weighted by atomic mass is 35.5. The van der Waals surface area contributed by atoms with Gasteiger partial charge in [0.25, 0.3) is 0 Å². The van der Waals surface area contributed by atoms with E-state index in [-0.39, 0.29) is 5.82 Å². The number of halogens is 2. The first kappa shape index (κ1) is 12.2. The van der Waals surface area contributed by atoms with Crippen molar-refractivity contribution in [2.45, 2.75) is 19.9 Å². The monoisotopic (exact) mass is 227 g/mol. The van der Waals surface area contributed by atoms with E-state index in [4.69, 9.17) is 11.6 Å². The van der Waals surface area contributed by atoms with E-state index in [1.165, 1.54) is 6.07 Å². The average molecular weight is 228 g/mol. The van der Waals surface area contributed by atoms with E-state index in [1.54, 1.807) is 18.2 Å². The molecule has 1 N–H and O–H groups in total. The third-order valence-corrected chi connectivity index (χ3v) is 2.26. The van der Waals surface area contributed by atoms with Crippen LogP contribution in [0.15, 0.2) is 24.3 Å². The zero-order chi connectivity index (χ0) is 11.3. The van der Waals surface area contributed by atoms with Crippen molar-refractivity contribution >= 4 is 17.7 Å². The fourth-order valence-electron chi connectivity index (χ4n) is 1.15. The summed E-state index contributed by atoms with van der Waals surface area (Å²) >= 11 is 5.86. The van der Waals surface area contributed by atoms with Gasteiger partial charge in [0, 0.05) is 18.2 Å². The molecule has 0 aromatic heterocycles. The highest BCUT2D eigenvalue weighted by Crippen LogP contribution is 2.19. The topological polar surface area (TPSA) is 12.0 Å². The summed E-state index contributed by atoms with van der Waals surface area (Å²) in [6, 6.07) is 5.11. The number of hydrogen-bond donors (Lipinski definition) is 1. The second kappa shape index (κ2) is 5.89. The van der Waals surface area contributed by atoms with Crippen LogP contribution >= 0.6 is 11.6 Å². The van der Waals surface area contributed by atoms with Crippen LogP contribution in [0.3, 0.4) is 0 Å². The Hall–Kier alpha value is -0.860. The normalized spacial score (nSPS) is 11.5. The predicted molar refractivity (Wildman–Crippen MR) is 63.6 cm³/mol. The lowest BCUT2D eigenvalue weighted by Crippen LogP contribution is -2.22.